The molecule has 0 unspecified atom stereocenters. The summed E-state index contributed by atoms with van der Waals surface area (Å²) in [5, 5.41) is 0.0109. The fraction of sp³-hybridized carbons (Fsp3) is 0.143. The first-order chi connectivity index (χ1) is 10.6. The van der Waals surface area contributed by atoms with E-state index in [9.17, 15) is 26.0 Å². The van der Waals surface area contributed by atoms with Crippen molar-refractivity contribution in [2.45, 2.75) is 17.6 Å². The molecule has 0 radical (unpaired) electrons. The Labute approximate surface area is 134 Å². The first kappa shape index (κ1) is 17.7. The first-order valence-corrected chi connectivity index (χ1v) is 8.06. The monoisotopic (exact) mass is 367 g/mol. The second kappa shape index (κ2) is 6.46. The number of sulfonamides is 1. The molecule has 2 rings (SSSR count). The minimum absolute atomic E-state index is 0.0109. The van der Waals surface area contributed by atoms with Gasteiger partial charge in [-0.1, -0.05) is 23.7 Å². The van der Waals surface area contributed by atoms with E-state index in [1.807, 2.05) is 0 Å². The average Bonchev–Trinajstić information content (AvgIpc) is 2.45. The molecule has 0 heterocycles. The van der Waals surface area contributed by atoms with Crippen molar-refractivity contribution in [3.8, 4) is 0 Å². The van der Waals surface area contributed by atoms with Crippen molar-refractivity contribution in [3.05, 3.63) is 64.4 Å². The maximum Gasteiger partial charge on any atom is 0.416 e. The van der Waals surface area contributed by atoms with Crippen molar-refractivity contribution in [3.63, 3.8) is 0 Å². The highest BCUT2D eigenvalue weighted by molar-refractivity contribution is 7.89. The highest BCUT2D eigenvalue weighted by Crippen LogP contribution is 2.30. The minimum atomic E-state index is -4.65. The van der Waals surface area contributed by atoms with Crippen LogP contribution >= 0.6 is 11.6 Å². The van der Waals surface area contributed by atoms with Crippen LogP contribution in [0.2, 0.25) is 5.02 Å². The molecule has 0 aliphatic heterocycles. The van der Waals surface area contributed by atoms with Gasteiger partial charge < -0.3 is 0 Å². The smallest absolute Gasteiger partial charge is 0.207 e. The van der Waals surface area contributed by atoms with Crippen molar-refractivity contribution in [2.75, 3.05) is 0 Å². The number of alkyl halides is 3. The normalized spacial score (nSPS) is 12.4. The number of rotatable bonds is 4. The van der Waals surface area contributed by atoms with Crippen molar-refractivity contribution in [2.24, 2.45) is 0 Å². The summed E-state index contributed by atoms with van der Waals surface area (Å²) in [5.74, 6) is -0.584. The molecule has 0 aromatic heterocycles. The standard InChI is InChI=1S/C14H10ClF4NO2S/c15-13-7-11(16)5-4-9(13)8-20-23(21,22)12-3-1-2-10(6-12)14(17,18)19/h1-7,20H,8H2. The second-order valence-electron chi connectivity index (χ2n) is 4.59. The first-order valence-electron chi connectivity index (χ1n) is 6.20. The third-order valence-electron chi connectivity index (χ3n) is 2.94. The molecule has 0 aliphatic carbocycles. The van der Waals surface area contributed by atoms with Crippen molar-refractivity contribution in [1.29, 1.82) is 0 Å². The average molecular weight is 368 g/mol. The molecule has 23 heavy (non-hydrogen) atoms. The Morgan fingerprint density at radius 2 is 1.78 bits per heavy atom. The summed E-state index contributed by atoms with van der Waals surface area (Å²) in [6.45, 7) is -0.280. The number of nitrogens with one attached hydrogen (secondary N) is 1. The van der Waals surface area contributed by atoms with Gasteiger partial charge in [-0.2, -0.15) is 13.2 Å². The summed E-state index contributed by atoms with van der Waals surface area (Å²) in [6, 6.07) is 6.75. The molecule has 124 valence electrons. The van der Waals surface area contributed by atoms with Gasteiger partial charge in [-0.3, -0.25) is 0 Å². The van der Waals surface area contributed by atoms with E-state index >= 15 is 0 Å². The summed E-state index contributed by atoms with van der Waals surface area (Å²) < 4.78 is 77.1. The second-order valence-corrected chi connectivity index (χ2v) is 6.76. The van der Waals surface area contributed by atoms with Crippen LogP contribution in [0.4, 0.5) is 17.6 Å². The van der Waals surface area contributed by atoms with E-state index in [0.29, 0.717) is 11.6 Å². The summed E-state index contributed by atoms with van der Waals surface area (Å²) in [6.07, 6.45) is -4.65. The van der Waals surface area contributed by atoms with E-state index in [0.717, 1.165) is 30.3 Å². The zero-order valence-electron chi connectivity index (χ0n) is 11.4. The van der Waals surface area contributed by atoms with Crippen LogP contribution in [-0.4, -0.2) is 8.42 Å². The molecule has 9 heteroatoms. The van der Waals surface area contributed by atoms with Crippen LogP contribution in [0.25, 0.3) is 0 Å². The van der Waals surface area contributed by atoms with E-state index in [1.165, 1.54) is 6.07 Å². The van der Waals surface area contributed by atoms with Crippen LogP contribution in [-0.2, 0) is 22.7 Å². The lowest BCUT2D eigenvalue weighted by Gasteiger charge is -2.11. The molecule has 0 fully saturated rings. The molecule has 0 saturated heterocycles. The summed E-state index contributed by atoms with van der Waals surface area (Å²) in [7, 11) is -4.17. The van der Waals surface area contributed by atoms with Crippen molar-refractivity contribution >= 4 is 21.6 Å². The molecule has 2 aromatic rings. The third-order valence-corrected chi connectivity index (χ3v) is 4.69. The van der Waals surface area contributed by atoms with Crippen molar-refractivity contribution < 1.29 is 26.0 Å². The quantitative estimate of drug-likeness (QED) is 0.831. The topological polar surface area (TPSA) is 46.2 Å². The Morgan fingerprint density at radius 3 is 2.39 bits per heavy atom. The zero-order chi connectivity index (χ0) is 17.3. The maximum absolute atomic E-state index is 12.9. The van der Waals surface area contributed by atoms with Crippen LogP contribution in [0.5, 0.6) is 0 Å². The molecule has 0 atom stereocenters. The zero-order valence-corrected chi connectivity index (χ0v) is 12.9. The minimum Gasteiger partial charge on any atom is -0.207 e. The predicted octanol–water partition coefficient (Wildman–Crippen LogP) is 3.98. The van der Waals surface area contributed by atoms with Gasteiger partial charge in [-0.05, 0) is 35.9 Å². The van der Waals surface area contributed by atoms with Gasteiger partial charge in [0.1, 0.15) is 5.82 Å². The SMILES string of the molecule is O=S(=O)(NCc1ccc(F)cc1Cl)c1cccc(C(F)(F)F)c1. The molecule has 3 nitrogen and oxygen atoms in total. The number of hydrogen-bond donors (Lipinski definition) is 1. The largest absolute Gasteiger partial charge is 0.416 e. The molecular weight excluding hydrogens is 358 g/mol. The Hall–Kier alpha value is -1.64. The molecule has 2 aromatic carbocycles. The van der Waals surface area contributed by atoms with Gasteiger partial charge >= 0.3 is 6.18 Å². The van der Waals surface area contributed by atoms with Gasteiger partial charge in [0.2, 0.25) is 10.0 Å². The lowest BCUT2D eigenvalue weighted by Crippen LogP contribution is -2.23. The number of hydrogen-bond acceptors (Lipinski definition) is 2. The van der Waals surface area contributed by atoms with Gasteiger partial charge in [0.25, 0.3) is 0 Å². The van der Waals surface area contributed by atoms with Crippen molar-refractivity contribution in [1.82, 2.24) is 4.72 Å². The summed E-state index contributed by atoms with van der Waals surface area (Å²) in [5.41, 5.74) is -0.774. The molecule has 1 N–H and O–H groups in total. The molecule has 0 aliphatic rings. The van der Waals surface area contributed by atoms with E-state index in [1.54, 1.807) is 0 Å². The fourth-order valence-corrected chi connectivity index (χ4v) is 3.05. The lowest BCUT2D eigenvalue weighted by atomic mass is 10.2. The number of benzene rings is 2. The fourth-order valence-electron chi connectivity index (χ4n) is 1.76. The highest BCUT2D eigenvalue weighted by atomic mass is 35.5. The summed E-state index contributed by atoms with van der Waals surface area (Å²) in [4.78, 5) is -0.523. The predicted molar refractivity (Wildman–Crippen MR) is 76.9 cm³/mol. The third kappa shape index (κ3) is 4.43. The van der Waals surface area contributed by atoms with Gasteiger partial charge in [0, 0.05) is 11.6 Å². The van der Waals surface area contributed by atoms with E-state index < -0.39 is 32.5 Å². The molecule has 0 bridgehead atoms. The summed E-state index contributed by atoms with van der Waals surface area (Å²) >= 11 is 5.77. The van der Waals surface area contributed by atoms with E-state index in [4.69, 9.17) is 11.6 Å². The molecular formula is C14H10ClF4NO2S. The van der Waals surface area contributed by atoms with Gasteiger partial charge in [-0.25, -0.2) is 17.5 Å². The van der Waals surface area contributed by atoms with Crippen LogP contribution in [0, 0.1) is 5.82 Å². The Balaban J connectivity index is 2.22. The maximum atomic E-state index is 12.9. The highest BCUT2D eigenvalue weighted by Gasteiger charge is 2.31. The van der Waals surface area contributed by atoms with Crippen LogP contribution in [0.15, 0.2) is 47.4 Å². The van der Waals surface area contributed by atoms with Gasteiger partial charge in [-0.15, -0.1) is 0 Å². The lowest BCUT2D eigenvalue weighted by molar-refractivity contribution is -0.137. The van der Waals surface area contributed by atoms with Crippen LogP contribution in [0.3, 0.4) is 0 Å². The van der Waals surface area contributed by atoms with E-state index in [2.05, 4.69) is 4.72 Å². The van der Waals surface area contributed by atoms with Crippen LogP contribution < -0.4 is 4.72 Å². The Morgan fingerprint density at radius 1 is 1.09 bits per heavy atom. The Kier molecular flexibility index (Phi) is 4.98. The number of halogens is 5. The van der Waals surface area contributed by atoms with Gasteiger partial charge in [0.15, 0.2) is 0 Å². The van der Waals surface area contributed by atoms with E-state index in [-0.39, 0.29) is 11.6 Å². The molecule has 0 spiro atoms. The van der Waals surface area contributed by atoms with Crippen LogP contribution in [0.1, 0.15) is 11.1 Å². The Bertz CT molecular complexity index is 822. The molecule has 0 saturated carbocycles. The van der Waals surface area contributed by atoms with Gasteiger partial charge in [0.05, 0.1) is 10.5 Å². The molecule has 0 amide bonds.